The molecule has 0 spiro atoms. The van der Waals surface area contributed by atoms with Crippen molar-refractivity contribution in [3.63, 3.8) is 0 Å². The van der Waals surface area contributed by atoms with Crippen molar-refractivity contribution in [2.45, 2.75) is 65.9 Å². The second-order valence-corrected chi connectivity index (χ2v) is 8.26. The topological polar surface area (TPSA) is 20.2 Å². The van der Waals surface area contributed by atoms with Crippen LogP contribution in [0.5, 0.6) is 0 Å². The van der Waals surface area contributed by atoms with E-state index in [0.717, 1.165) is 6.42 Å². The first-order chi connectivity index (χ1) is 9.18. The summed E-state index contributed by atoms with van der Waals surface area (Å²) in [7, 11) is 0. The van der Waals surface area contributed by atoms with Gasteiger partial charge >= 0.3 is 0 Å². The van der Waals surface area contributed by atoms with Gasteiger partial charge < -0.3 is 5.11 Å². The van der Waals surface area contributed by atoms with Gasteiger partial charge in [-0.1, -0.05) is 50.1 Å². The molecule has 0 aromatic heterocycles. The first-order valence-corrected chi connectivity index (χ1v) is 7.98. The van der Waals surface area contributed by atoms with Crippen LogP contribution in [0.4, 0.5) is 0 Å². The molecule has 1 aromatic carbocycles. The van der Waals surface area contributed by atoms with Crippen LogP contribution in [-0.2, 0) is 6.42 Å². The molecule has 1 heteroatoms. The molecule has 110 valence electrons. The largest absolute Gasteiger partial charge is 0.388 e. The summed E-state index contributed by atoms with van der Waals surface area (Å²) in [6, 6.07) is 6.70. The SMILES string of the molecule is Cc1cc(C)cc(CC2(O)C3(C)CCC(C3)C2(C)C)c1. The number of hydrogen-bond acceptors (Lipinski definition) is 1. The minimum Gasteiger partial charge on any atom is -0.388 e. The first-order valence-electron chi connectivity index (χ1n) is 7.98. The van der Waals surface area contributed by atoms with Crippen LogP contribution in [0.15, 0.2) is 18.2 Å². The van der Waals surface area contributed by atoms with E-state index < -0.39 is 5.60 Å². The highest BCUT2D eigenvalue weighted by Crippen LogP contribution is 2.68. The summed E-state index contributed by atoms with van der Waals surface area (Å²) >= 11 is 0. The number of fused-ring (bicyclic) bond motifs is 2. The lowest BCUT2D eigenvalue weighted by Crippen LogP contribution is -2.55. The lowest BCUT2D eigenvalue weighted by Gasteiger charge is -2.51. The van der Waals surface area contributed by atoms with Crippen molar-refractivity contribution >= 4 is 0 Å². The predicted molar refractivity (Wildman–Crippen MR) is 83.8 cm³/mol. The van der Waals surface area contributed by atoms with Crippen LogP contribution in [0, 0.1) is 30.6 Å². The van der Waals surface area contributed by atoms with Crippen LogP contribution in [-0.4, -0.2) is 10.7 Å². The van der Waals surface area contributed by atoms with E-state index in [4.69, 9.17) is 0 Å². The molecular formula is C19H28O. The lowest BCUT2D eigenvalue weighted by molar-refractivity contribution is -0.141. The molecule has 0 saturated heterocycles. The quantitative estimate of drug-likeness (QED) is 0.844. The molecule has 3 rings (SSSR count). The molecular weight excluding hydrogens is 244 g/mol. The number of aliphatic hydroxyl groups is 1. The maximum absolute atomic E-state index is 11.6. The maximum atomic E-state index is 11.6. The van der Waals surface area contributed by atoms with E-state index in [1.54, 1.807) is 0 Å². The summed E-state index contributed by atoms with van der Waals surface area (Å²) in [6.45, 7) is 11.2. The van der Waals surface area contributed by atoms with Crippen LogP contribution < -0.4 is 0 Å². The summed E-state index contributed by atoms with van der Waals surface area (Å²) in [6.07, 6.45) is 4.47. The van der Waals surface area contributed by atoms with Crippen molar-refractivity contribution < 1.29 is 5.11 Å². The number of hydrogen-bond donors (Lipinski definition) is 1. The van der Waals surface area contributed by atoms with Crippen molar-refractivity contribution in [1.29, 1.82) is 0 Å². The minimum atomic E-state index is -0.566. The Balaban J connectivity index is 2.00. The van der Waals surface area contributed by atoms with E-state index in [9.17, 15) is 5.11 Å². The second-order valence-electron chi connectivity index (χ2n) is 8.26. The molecule has 1 nitrogen and oxygen atoms in total. The van der Waals surface area contributed by atoms with E-state index in [1.807, 2.05) is 0 Å². The highest BCUT2D eigenvalue weighted by molar-refractivity contribution is 5.32. The normalized spacial score (nSPS) is 38.4. The molecule has 20 heavy (non-hydrogen) atoms. The van der Waals surface area contributed by atoms with Crippen LogP contribution in [0.25, 0.3) is 0 Å². The molecule has 2 saturated carbocycles. The smallest absolute Gasteiger partial charge is 0.0794 e. The Kier molecular flexibility index (Phi) is 2.90. The zero-order valence-corrected chi connectivity index (χ0v) is 13.6. The third kappa shape index (κ3) is 1.72. The van der Waals surface area contributed by atoms with Crippen LogP contribution in [0.2, 0.25) is 0 Å². The third-order valence-corrected chi connectivity index (χ3v) is 6.57. The molecule has 3 atom stereocenters. The highest BCUT2D eigenvalue weighted by atomic mass is 16.3. The molecule has 2 bridgehead atoms. The van der Waals surface area contributed by atoms with Gasteiger partial charge in [0.25, 0.3) is 0 Å². The van der Waals surface area contributed by atoms with Gasteiger partial charge in [0.05, 0.1) is 5.60 Å². The Bertz CT molecular complexity index is 518. The number of benzene rings is 1. The lowest BCUT2D eigenvalue weighted by atomic mass is 9.58. The van der Waals surface area contributed by atoms with Gasteiger partial charge in [-0.2, -0.15) is 0 Å². The van der Waals surface area contributed by atoms with Gasteiger partial charge in [0.15, 0.2) is 0 Å². The zero-order chi connectivity index (χ0) is 14.8. The van der Waals surface area contributed by atoms with E-state index in [2.05, 4.69) is 52.8 Å². The van der Waals surface area contributed by atoms with Crippen molar-refractivity contribution in [3.05, 3.63) is 34.9 Å². The number of aryl methyl sites for hydroxylation is 2. The molecule has 2 aliphatic carbocycles. The minimum absolute atomic E-state index is 0.0254. The van der Waals surface area contributed by atoms with Crippen molar-refractivity contribution in [1.82, 2.24) is 0 Å². The molecule has 0 heterocycles. The van der Waals surface area contributed by atoms with Gasteiger partial charge in [0.1, 0.15) is 0 Å². The summed E-state index contributed by atoms with van der Waals surface area (Å²) < 4.78 is 0. The Hall–Kier alpha value is -0.820. The van der Waals surface area contributed by atoms with E-state index in [-0.39, 0.29) is 10.8 Å². The monoisotopic (exact) mass is 272 g/mol. The molecule has 1 N–H and O–H groups in total. The van der Waals surface area contributed by atoms with Crippen LogP contribution in [0.1, 0.15) is 56.7 Å². The fraction of sp³-hybridized carbons (Fsp3) is 0.684. The summed E-state index contributed by atoms with van der Waals surface area (Å²) in [5.41, 5.74) is 3.45. The average molecular weight is 272 g/mol. The Morgan fingerprint density at radius 1 is 1.10 bits per heavy atom. The second kappa shape index (κ2) is 4.10. The Morgan fingerprint density at radius 3 is 2.20 bits per heavy atom. The Labute approximate surface area is 123 Å². The van der Waals surface area contributed by atoms with Gasteiger partial charge in [0.2, 0.25) is 0 Å². The van der Waals surface area contributed by atoms with Crippen LogP contribution in [0.3, 0.4) is 0 Å². The molecule has 0 radical (unpaired) electrons. The van der Waals surface area contributed by atoms with Gasteiger partial charge in [-0.15, -0.1) is 0 Å². The highest BCUT2D eigenvalue weighted by Gasteiger charge is 2.67. The zero-order valence-electron chi connectivity index (χ0n) is 13.6. The Morgan fingerprint density at radius 2 is 1.70 bits per heavy atom. The molecule has 3 unspecified atom stereocenters. The third-order valence-electron chi connectivity index (χ3n) is 6.57. The van der Waals surface area contributed by atoms with E-state index in [0.29, 0.717) is 5.92 Å². The average Bonchev–Trinajstić information content (AvgIpc) is 2.76. The van der Waals surface area contributed by atoms with Crippen LogP contribution >= 0.6 is 0 Å². The summed E-state index contributed by atoms with van der Waals surface area (Å²) in [4.78, 5) is 0. The standard InChI is InChI=1S/C19H28O/c1-13-8-14(2)10-15(9-13)11-19(20)17(3,4)16-6-7-18(19,5)12-16/h8-10,16,20H,6-7,11-12H2,1-5H3. The van der Waals surface area contributed by atoms with E-state index in [1.165, 1.54) is 36.0 Å². The van der Waals surface area contributed by atoms with Crippen molar-refractivity contribution in [2.75, 3.05) is 0 Å². The van der Waals surface area contributed by atoms with Crippen molar-refractivity contribution in [2.24, 2.45) is 16.7 Å². The number of rotatable bonds is 2. The summed E-state index contributed by atoms with van der Waals surface area (Å²) in [5, 5.41) is 11.6. The van der Waals surface area contributed by atoms with Gasteiger partial charge in [-0.3, -0.25) is 0 Å². The molecule has 1 aromatic rings. The first kappa shape index (κ1) is 14.1. The van der Waals surface area contributed by atoms with Gasteiger partial charge in [0, 0.05) is 6.42 Å². The maximum Gasteiger partial charge on any atom is 0.0794 e. The fourth-order valence-corrected chi connectivity index (χ4v) is 5.26. The fourth-order valence-electron chi connectivity index (χ4n) is 5.26. The predicted octanol–water partition coefficient (Wildman–Crippen LogP) is 4.42. The van der Waals surface area contributed by atoms with E-state index >= 15 is 0 Å². The van der Waals surface area contributed by atoms with Crippen molar-refractivity contribution in [3.8, 4) is 0 Å². The molecule has 2 aliphatic rings. The molecule has 2 fully saturated rings. The van der Waals surface area contributed by atoms with Gasteiger partial charge in [-0.25, -0.2) is 0 Å². The molecule has 0 aliphatic heterocycles. The van der Waals surface area contributed by atoms with Gasteiger partial charge in [-0.05, 0) is 55.4 Å². The summed E-state index contributed by atoms with van der Waals surface area (Å²) in [5.74, 6) is 0.684. The molecule has 0 amide bonds.